The van der Waals surface area contributed by atoms with Crippen molar-refractivity contribution in [2.75, 3.05) is 0 Å². The van der Waals surface area contributed by atoms with Crippen molar-refractivity contribution in [1.82, 2.24) is 5.32 Å². The molecule has 2 amide bonds. The van der Waals surface area contributed by atoms with E-state index in [1.165, 1.54) is 0 Å². The summed E-state index contributed by atoms with van der Waals surface area (Å²) in [6.45, 7) is 3.83. The highest BCUT2D eigenvalue weighted by Gasteiger charge is 2.23. The van der Waals surface area contributed by atoms with E-state index in [4.69, 9.17) is 5.73 Å². The number of fused-ring (bicyclic) bond motifs is 1. The Bertz CT molecular complexity index is 727. The van der Waals surface area contributed by atoms with Gasteiger partial charge in [-0.05, 0) is 28.7 Å². The van der Waals surface area contributed by atoms with E-state index in [0.29, 0.717) is 12.8 Å². The second kappa shape index (κ2) is 7.93. The predicted molar refractivity (Wildman–Crippen MR) is 94.2 cm³/mol. The van der Waals surface area contributed by atoms with Crippen LogP contribution in [0.2, 0.25) is 0 Å². The van der Waals surface area contributed by atoms with Gasteiger partial charge in [0.05, 0.1) is 0 Å². The summed E-state index contributed by atoms with van der Waals surface area (Å²) in [6.07, 6.45) is -0.503. The number of hydrogen-bond acceptors (Lipinski definition) is 3. The van der Waals surface area contributed by atoms with Gasteiger partial charge in [0.15, 0.2) is 0 Å². The number of primary amides is 1. The van der Waals surface area contributed by atoms with Crippen LogP contribution in [0.1, 0.15) is 25.8 Å². The van der Waals surface area contributed by atoms with Crippen LogP contribution >= 0.6 is 0 Å². The summed E-state index contributed by atoms with van der Waals surface area (Å²) in [5.74, 6) is -1.00. The Balaban J connectivity index is 2.09. The Kier molecular flexibility index (Phi) is 5.93. The maximum Gasteiger partial charge on any atom is 0.249 e. The number of aliphatic hydroxyl groups excluding tert-OH is 1. The van der Waals surface area contributed by atoms with Crippen molar-refractivity contribution in [3.63, 3.8) is 0 Å². The van der Waals surface area contributed by atoms with Crippen molar-refractivity contribution < 1.29 is 14.7 Å². The molecule has 2 aromatic rings. The number of nitrogens with two attached hydrogens (primary N) is 1. The number of carbonyl (C=O) groups is 2. The van der Waals surface area contributed by atoms with Crippen molar-refractivity contribution in [3.05, 3.63) is 48.0 Å². The first-order valence-electron chi connectivity index (χ1n) is 8.12. The fourth-order valence-corrected chi connectivity index (χ4v) is 2.65. The zero-order valence-electron chi connectivity index (χ0n) is 14.0. The number of amides is 2. The summed E-state index contributed by atoms with van der Waals surface area (Å²) < 4.78 is 0. The average molecular weight is 328 g/mol. The van der Waals surface area contributed by atoms with Crippen LogP contribution in [-0.4, -0.2) is 29.1 Å². The van der Waals surface area contributed by atoms with Crippen molar-refractivity contribution >= 4 is 22.6 Å². The minimum Gasteiger partial charge on any atom is -0.383 e. The van der Waals surface area contributed by atoms with Crippen molar-refractivity contribution in [2.45, 2.75) is 38.8 Å². The quantitative estimate of drug-likeness (QED) is 0.723. The molecule has 0 saturated carbocycles. The summed E-state index contributed by atoms with van der Waals surface area (Å²) in [5, 5.41) is 14.6. The zero-order chi connectivity index (χ0) is 17.7. The molecule has 0 unspecified atom stereocenters. The van der Waals surface area contributed by atoms with Gasteiger partial charge < -0.3 is 16.2 Å². The monoisotopic (exact) mass is 328 g/mol. The Morgan fingerprint density at radius 2 is 1.79 bits per heavy atom. The minimum absolute atomic E-state index is 0.179. The number of nitrogens with one attached hydrogen (secondary N) is 1. The fraction of sp³-hybridized carbons (Fsp3) is 0.368. The minimum atomic E-state index is -1.14. The fourth-order valence-electron chi connectivity index (χ4n) is 2.65. The third-order valence-corrected chi connectivity index (χ3v) is 3.91. The largest absolute Gasteiger partial charge is 0.383 e. The van der Waals surface area contributed by atoms with Gasteiger partial charge in [-0.2, -0.15) is 0 Å². The molecule has 0 spiro atoms. The van der Waals surface area contributed by atoms with E-state index < -0.39 is 24.0 Å². The van der Waals surface area contributed by atoms with Crippen LogP contribution in [-0.2, 0) is 16.0 Å². The second-order valence-corrected chi connectivity index (χ2v) is 6.49. The number of benzene rings is 2. The van der Waals surface area contributed by atoms with Gasteiger partial charge in [-0.3, -0.25) is 9.59 Å². The number of rotatable bonds is 7. The molecule has 4 N–H and O–H groups in total. The molecule has 128 valence electrons. The van der Waals surface area contributed by atoms with Crippen LogP contribution in [0.3, 0.4) is 0 Å². The topological polar surface area (TPSA) is 92.4 Å². The summed E-state index contributed by atoms with van der Waals surface area (Å²) >= 11 is 0. The lowest BCUT2D eigenvalue weighted by Gasteiger charge is -2.19. The standard InChI is InChI=1S/C19H24N2O3/c1-12(2)9-17(22)19(24)21-16(18(20)23)11-13-7-8-14-5-3-4-6-15(14)10-13/h3-8,10,12,16-17,22H,9,11H2,1-2H3,(H2,20,23)(H,21,24)/t16-,17+/m0/s1. The lowest BCUT2D eigenvalue weighted by molar-refractivity contribution is -0.133. The van der Waals surface area contributed by atoms with Crippen molar-refractivity contribution in [3.8, 4) is 0 Å². The zero-order valence-corrected chi connectivity index (χ0v) is 14.0. The Hall–Kier alpha value is -2.40. The molecule has 2 rings (SSSR count). The van der Waals surface area contributed by atoms with Gasteiger partial charge in [0.2, 0.25) is 11.8 Å². The third kappa shape index (κ3) is 4.80. The molecule has 24 heavy (non-hydrogen) atoms. The molecule has 0 aliphatic rings. The highest BCUT2D eigenvalue weighted by molar-refractivity contribution is 5.89. The average Bonchev–Trinajstić information content (AvgIpc) is 2.53. The molecule has 0 fully saturated rings. The van der Waals surface area contributed by atoms with E-state index in [-0.39, 0.29) is 5.92 Å². The van der Waals surface area contributed by atoms with Crippen LogP contribution < -0.4 is 11.1 Å². The molecule has 0 aromatic heterocycles. The molecule has 5 nitrogen and oxygen atoms in total. The number of carbonyl (C=O) groups excluding carboxylic acids is 2. The Morgan fingerprint density at radius 1 is 1.12 bits per heavy atom. The van der Waals surface area contributed by atoms with Gasteiger partial charge in [-0.15, -0.1) is 0 Å². The number of hydrogen-bond donors (Lipinski definition) is 3. The lowest BCUT2D eigenvalue weighted by Crippen LogP contribution is -2.49. The summed E-state index contributed by atoms with van der Waals surface area (Å²) in [6, 6.07) is 12.9. The van der Waals surface area contributed by atoms with Crippen LogP contribution in [0, 0.1) is 5.92 Å². The highest BCUT2D eigenvalue weighted by atomic mass is 16.3. The van der Waals surface area contributed by atoms with Crippen LogP contribution in [0.4, 0.5) is 0 Å². The lowest BCUT2D eigenvalue weighted by atomic mass is 10.0. The molecule has 0 aliphatic carbocycles. The molecule has 5 heteroatoms. The molecule has 0 heterocycles. The van der Waals surface area contributed by atoms with E-state index in [0.717, 1.165) is 16.3 Å². The molecule has 0 bridgehead atoms. The maximum absolute atomic E-state index is 12.0. The molecule has 0 saturated heterocycles. The van der Waals surface area contributed by atoms with Gasteiger partial charge in [0.1, 0.15) is 12.1 Å². The van der Waals surface area contributed by atoms with Crippen molar-refractivity contribution in [2.24, 2.45) is 11.7 Å². The molecule has 0 radical (unpaired) electrons. The van der Waals surface area contributed by atoms with E-state index in [9.17, 15) is 14.7 Å². The first-order chi connectivity index (χ1) is 11.4. The van der Waals surface area contributed by atoms with Crippen LogP contribution in [0.5, 0.6) is 0 Å². The summed E-state index contributed by atoms with van der Waals surface area (Å²) in [7, 11) is 0. The molecule has 2 atom stereocenters. The van der Waals surface area contributed by atoms with Crippen molar-refractivity contribution in [1.29, 1.82) is 0 Å². The van der Waals surface area contributed by atoms with E-state index in [1.807, 2.05) is 56.3 Å². The third-order valence-electron chi connectivity index (χ3n) is 3.91. The Labute approximate surface area is 141 Å². The molecule has 2 aromatic carbocycles. The summed E-state index contributed by atoms with van der Waals surface area (Å²) in [5.41, 5.74) is 6.31. The first-order valence-corrected chi connectivity index (χ1v) is 8.12. The smallest absolute Gasteiger partial charge is 0.249 e. The molecular formula is C19H24N2O3. The molecular weight excluding hydrogens is 304 g/mol. The normalized spacial score (nSPS) is 13.7. The predicted octanol–water partition coefficient (Wildman–Crippen LogP) is 1.76. The summed E-state index contributed by atoms with van der Waals surface area (Å²) in [4.78, 5) is 23.7. The van der Waals surface area contributed by atoms with Crippen LogP contribution in [0.25, 0.3) is 10.8 Å². The van der Waals surface area contributed by atoms with Gasteiger partial charge in [-0.1, -0.05) is 56.3 Å². The van der Waals surface area contributed by atoms with Gasteiger partial charge in [0.25, 0.3) is 0 Å². The highest BCUT2D eigenvalue weighted by Crippen LogP contribution is 2.17. The van der Waals surface area contributed by atoms with Gasteiger partial charge in [0, 0.05) is 6.42 Å². The SMILES string of the molecule is CC(C)C[C@@H](O)C(=O)N[C@@H](Cc1ccc2ccccc2c1)C(N)=O. The van der Waals surface area contributed by atoms with E-state index in [2.05, 4.69) is 5.32 Å². The maximum atomic E-state index is 12.0. The number of aliphatic hydroxyl groups is 1. The van der Waals surface area contributed by atoms with Gasteiger partial charge >= 0.3 is 0 Å². The second-order valence-electron chi connectivity index (χ2n) is 6.49. The molecule has 0 aliphatic heterocycles. The Morgan fingerprint density at radius 3 is 2.42 bits per heavy atom. The van der Waals surface area contributed by atoms with Gasteiger partial charge in [-0.25, -0.2) is 0 Å². The van der Waals surface area contributed by atoms with Crippen LogP contribution in [0.15, 0.2) is 42.5 Å². The first kappa shape index (κ1) is 17.9. The van der Waals surface area contributed by atoms with E-state index >= 15 is 0 Å². The van der Waals surface area contributed by atoms with E-state index in [1.54, 1.807) is 0 Å².